The predicted molar refractivity (Wildman–Crippen MR) is 65.2 cm³/mol. The molecular weight excluding hydrogens is 216 g/mol. The lowest BCUT2D eigenvalue weighted by molar-refractivity contribution is 0.0958. The van der Waals surface area contributed by atoms with Gasteiger partial charge in [0.15, 0.2) is 0 Å². The third-order valence-corrected chi connectivity index (χ3v) is 3.46. The molecule has 0 aromatic carbocycles. The van der Waals surface area contributed by atoms with Crippen LogP contribution in [0.1, 0.15) is 16.9 Å². The summed E-state index contributed by atoms with van der Waals surface area (Å²) in [5.74, 6) is -0.138. The Kier molecular flexibility index (Phi) is 2.48. The fourth-order valence-corrected chi connectivity index (χ4v) is 2.42. The Morgan fingerprint density at radius 2 is 2.47 bits per heavy atom. The second kappa shape index (κ2) is 4.00. The molecule has 1 aromatic heterocycles. The van der Waals surface area contributed by atoms with E-state index >= 15 is 0 Å². The normalized spacial score (nSPS) is 26.3. The lowest BCUT2D eigenvalue weighted by Crippen LogP contribution is -2.43. The number of pyridine rings is 1. The monoisotopic (exact) mass is 232 g/mol. The number of nitrogens with one attached hydrogen (secondary N) is 2. The van der Waals surface area contributed by atoms with Gasteiger partial charge in [-0.25, -0.2) is 4.98 Å². The van der Waals surface area contributed by atoms with Crippen LogP contribution in [0.3, 0.4) is 0 Å². The van der Waals surface area contributed by atoms with E-state index in [4.69, 9.17) is 0 Å². The molecule has 2 heterocycles. The Hall–Kier alpha value is -1.62. The Morgan fingerprint density at radius 3 is 3.18 bits per heavy atom. The van der Waals surface area contributed by atoms with Gasteiger partial charge < -0.3 is 15.5 Å². The molecule has 5 nitrogen and oxygen atoms in total. The smallest absolute Gasteiger partial charge is 0.269 e. The van der Waals surface area contributed by atoms with Crippen molar-refractivity contribution in [2.24, 2.45) is 0 Å². The summed E-state index contributed by atoms with van der Waals surface area (Å²) in [5.41, 5.74) is 1.59. The number of anilines is 1. The first-order valence-electron chi connectivity index (χ1n) is 5.98. The van der Waals surface area contributed by atoms with Gasteiger partial charge >= 0.3 is 0 Å². The zero-order valence-corrected chi connectivity index (χ0v) is 9.81. The van der Waals surface area contributed by atoms with Crippen molar-refractivity contribution in [2.75, 3.05) is 25.0 Å². The fourth-order valence-electron chi connectivity index (χ4n) is 2.42. The maximum atomic E-state index is 11.4. The summed E-state index contributed by atoms with van der Waals surface area (Å²) in [5, 5.41) is 6.04. The number of amides is 1. The van der Waals surface area contributed by atoms with Crippen molar-refractivity contribution >= 4 is 11.6 Å². The summed E-state index contributed by atoms with van der Waals surface area (Å²) in [6.07, 6.45) is 3.02. The highest BCUT2D eigenvalue weighted by molar-refractivity contribution is 5.92. The van der Waals surface area contributed by atoms with Crippen LogP contribution in [-0.2, 0) is 0 Å². The fraction of sp³-hybridized carbons (Fsp3) is 0.500. The van der Waals surface area contributed by atoms with E-state index in [1.165, 1.54) is 6.42 Å². The highest BCUT2D eigenvalue weighted by Crippen LogP contribution is 2.33. The molecule has 2 fully saturated rings. The summed E-state index contributed by atoms with van der Waals surface area (Å²) in [4.78, 5) is 18.0. The van der Waals surface area contributed by atoms with E-state index in [1.54, 1.807) is 19.3 Å². The first-order chi connectivity index (χ1) is 8.29. The lowest BCUT2D eigenvalue weighted by Gasteiger charge is -2.29. The molecule has 1 saturated carbocycles. The molecule has 2 N–H and O–H groups in total. The number of piperazine rings is 1. The number of aromatic nitrogens is 1. The molecular formula is C12H16N4O. The van der Waals surface area contributed by atoms with E-state index in [9.17, 15) is 4.79 Å². The summed E-state index contributed by atoms with van der Waals surface area (Å²) in [6.45, 7) is 2.04. The van der Waals surface area contributed by atoms with Crippen molar-refractivity contribution in [1.29, 1.82) is 0 Å². The van der Waals surface area contributed by atoms with E-state index in [2.05, 4.69) is 20.5 Å². The molecule has 0 radical (unpaired) electrons. The van der Waals surface area contributed by atoms with Gasteiger partial charge in [-0.2, -0.15) is 0 Å². The molecule has 0 spiro atoms. The van der Waals surface area contributed by atoms with Gasteiger partial charge in [0.2, 0.25) is 0 Å². The Morgan fingerprint density at radius 1 is 1.59 bits per heavy atom. The number of hydrogen-bond acceptors (Lipinski definition) is 4. The van der Waals surface area contributed by atoms with Crippen LogP contribution in [0.25, 0.3) is 0 Å². The van der Waals surface area contributed by atoms with Crippen molar-refractivity contribution in [3.05, 3.63) is 24.0 Å². The van der Waals surface area contributed by atoms with Crippen LogP contribution in [0.15, 0.2) is 18.3 Å². The zero-order valence-electron chi connectivity index (χ0n) is 9.81. The van der Waals surface area contributed by atoms with Gasteiger partial charge in [-0.15, -0.1) is 0 Å². The molecule has 1 aromatic rings. The first-order valence-corrected chi connectivity index (χ1v) is 5.98. The minimum atomic E-state index is -0.138. The third-order valence-electron chi connectivity index (χ3n) is 3.46. The SMILES string of the molecule is CNC(=O)c1ccc(N2CCN[C@@H]3C[C@@H]32)cn1. The van der Waals surface area contributed by atoms with E-state index < -0.39 is 0 Å². The number of rotatable bonds is 2. The highest BCUT2D eigenvalue weighted by Gasteiger charge is 2.44. The maximum Gasteiger partial charge on any atom is 0.269 e. The van der Waals surface area contributed by atoms with E-state index in [-0.39, 0.29) is 5.91 Å². The third kappa shape index (κ3) is 1.86. The predicted octanol–water partition coefficient (Wildman–Crippen LogP) is -0.00830. The topological polar surface area (TPSA) is 57.3 Å². The van der Waals surface area contributed by atoms with Gasteiger partial charge in [-0.05, 0) is 18.6 Å². The van der Waals surface area contributed by atoms with Gasteiger partial charge in [0.05, 0.1) is 11.9 Å². The molecule has 2 atom stereocenters. The maximum absolute atomic E-state index is 11.4. The molecule has 17 heavy (non-hydrogen) atoms. The number of nitrogens with zero attached hydrogens (tertiary/aromatic N) is 2. The minimum absolute atomic E-state index is 0.138. The van der Waals surface area contributed by atoms with Crippen molar-refractivity contribution in [1.82, 2.24) is 15.6 Å². The summed E-state index contributed by atoms with van der Waals surface area (Å²) >= 11 is 0. The molecule has 1 saturated heterocycles. The quantitative estimate of drug-likeness (QED) is 0.753. The summed E-state index contributed by atoms with van der Waals surface area (Å²) in [7, 11) is 1.61. The van der Waals surface area contributed by atoms with Gasteiger partial charge in [0, 0.05) is 32.2 Å². The lowest BCUT2D eigenvalue weighted by atomic mass is 10.2. The van der Waals surface area contributed by atoms with Crippen LogP contribution in [0.5, 0.6) is 0 Å². The number of carbonyl (C=O) groups is 1. The molecule has 0 unspecified atom stereocenters. The number of fused-ring (bicyclic) bond motifs is 1. The van der Waals surface area contributed by atoms with Crippen molar-refractivity contribution < 1.29 is 4.79 Å². The van der Waals surface area contributed by atoms with Crippen molar-refractivity contribution in [3.63, 3.8) is 0 Å². The van der Waals surface area contributed by atoms with Crippen LogP contribution in [-0.4, -0.2) is 43.1 Å². The largest absolute Gasteiger partial charge is 0.364 e. The summed E-state index contributed by atoms with van der Waals surface area (Å²) < 4.78 is 0. The molecule has 1 amide bonds. The Bertz CT molecular complexity index is 431. The standard InChI is InChI=1S/C12H16N4O/c1-13-12(17)9-3-2-8(7-15-9)16-5-4-14-10-6-11(10)16/h2-3,7,10-11,14H,4-6H2,1H3,(H,13,17)/t10-,11+/m1/s1. The zero-order chi connectivity index (χ0) is 11.8. The average molecular weight is 232 g/mol. The van der Waals surface area contributed by atoms with Crippen LogP contribution < -0.4 is 15.5 Å². The number of carbonyl (C=O) groups excluding carboxylic acids is 1. The Balaban J connectivity index is 1.77. The van der Waals surface area contributed by atoms with Crippen molar-refractivity contribution in [3.8, 4) is 0 Å². The highest BCUT2D eigenvalue weighted by atomic mass is 16.1. The molecule has 0 bridgehead atoms. The van der Waals surface area contributed by atoms with Crippen LogP contribution >= 0.6 is 0 Å². The molecule has 90 valence electrons. The molecule has 3 rings (SSSR count). The number of hydrogen-bond donors (Lipinski definition) is 2. The second-order valence-electron chi connectivity index (χ2n) is 4.54. The van der Waals surface area contributed by atoms with Gasteiger partial charge in [0.1, 0.15) is 5.69 Å². The van der Waals surface area contributed by atoms with Crippen LogP contribution in [0.4, 0.5) is 5.69 Å². The van der Waals surface area contributed by atoms with Crippen LogP contribution in [0, 0.1) is 0 Å². The summed E-state index contributed by atoms with van der Waals surface area (Å²) in [6, 6.07) is 5.05. The van der Waals surface area contributed by atoms with Gasteiger partial charge in [-0.3, -0.25) is 4.79 Å². The van der Waals surface area contributed by atoms with E-state index in [0.717, 1.165) is 18.8 Å². The van der Waals surface area contributed by atoms with Crippen LogP contribution in [0.2, 0.25) is 0 Å². The first kappa shape index (κ1) is 10.5. The van der Waals surface area contributed by atoms with Gasteiger partial charge in [-0.1, -0.05) is 0 Å². The minimum Gasteiger partial charge on any atom is -0.364 e. The molecule has 1 aliphatic heterocycles. The second-order valence-corrected chi connectivity index (χ2v) is 4.54. The molecule has 1 aliphatic carbocycles. The molecule has 5 heteroatoms. The van der Waals surface area contributed by atoms with Gasteiger partial charge in [0.25, 0.3) is 5.91 Å². The average Bonchev–Trinajstić information content (AvgIpc) is 3.17. The molecule has 2 aliphatic rings. The van der Waals surface area contributed by atoms with E-state index in [1.807, 2.05) is 6.07 Å². The van der Waals surface area contributed by atoms with E-state index in [0.29, 0.717) is 17.8 Å². The Labute approximate surface area is 100 Å². The van der Waals surface area contributed by atoms with Crippen molar-refractivity contribution in [2.45, 2.75) is 18.5 Å².